The van der Waals surface area contributed by atoms with Crippen molar-refractivity contribution in [3.05, 3.63) is 23.9 Å². The Morgan fingerprint density at radius 2 is 2.20 bits per heavy atom. The van der Waals surface area contributed by atoms with Gasteiger partial charge < -0.3 is 10.1 Å². The lowest BCUT2D eigenvalue weighted by Crippen LogP contribution is -2.16. The summed E-state index contributed by atoms with van der Waals surface area (Å²) in [5.41, 5.74) is 1.19. The highest BCUT2D eigenvalue weighted by atomic mass is 16.5. The molecule has 0 aromatic carbocycles. The molecule has 0 atom stereocenters. The highest BCUT2D eigenvalue weighted by molar-refractivity contribution is 5.17. The molecule has 1 heterocycles. The molecule has 0 aliphatic rings. The normalized spacial score (nSPS) is 10.7. The quantitative estimate of drug-likeness (QED) is 0.728. The van der Waals surface area contributed by atoms with Crippen molar-refractivity contribution in [2.24, 2.45) is 5.92 Å². The number of pyridine rings is 1. The molecule has 0 amide bonds. The molecule has 0 aliphatic carbocycles. The number of hydrogen-bond acceptors (Lipinski definition) is 3. The fourth-order valence-corrected chi connectivity index (χ4v) is 1.26. The lowest BCUT2D eigenvalue weighted by molar-refractivity contribution is 0.397. The van der Waals surface area contributed by atoms with Crippen molar-refractivity contribution < 1.29 is 4.74 Å². The van der Waals surface area contributed by atoms with Gasteiger partial charge in [-0.05, 0) is 24.4 Å². The van der Waals surface area contributed by atoms with E-state index < -0.39 is 0 Å². The van der Waals surface area contributed by atoms with Crippen molar-refractivity contribution in [3.8, 4) is 5.88 Å². The van der Waals surface area contributed by atoms with Crippen LogP contribution in [0.2, 0.25) is 0 Å². The summed E-state index contributed by atoms with van der Waals surface area (Å²) >= 11 is 0. The van der Waals surface area contributed by atoms with Crippen LogP contribution in [0, 0.1) is 5.92 Å². The van der Waals surface area contributed by atoms with E-state index in [0.29, 0.717) is 5.88 Å². The van der Waals surface area contributed by atoms with Crippen molar-refractivity contribution in [2.45, 2.75) is 26.8 Å². The number of aromatic nitrogens is 1. The fourth-order valence-electron chi connectivity index (χ4n) is 1.26. The van der Waals surface area contributed by atoms with Crippen LogP contribution in [0.15, 0.2) is 18.3 Å². The van der Waals surface area contributed by atoms with Crippen LogP contribution in [0.1, 0.15) is 25.8 Å². The molecule has 0 saturated heterocycles. The van der Waals surface area contributed by atoms with Crippen LogP contribution in [-0.2, 0) is 6.54 Å². The van der Waals surface area contributed by atoms with Crippen molar-refractivity contribution in [3.63, 3.8) is 0 Å². The average molecular weight is 208 g/mol. The van der Waals surface area contributed by atoms with E-state index in [1.165, 1.54) is 12.0 Å². The van der Waals surface area contributed by atoms with Crippen LogP contribution < -0.4 is 10.1 Å². The highest BCUT2D eigenvalue weighted by Gasteiger charge is 1.96. The maximum absolute atomic E-state index is 4.99. The molecule has 84 valence electrons. The fraction of sp³-hybridized carbons (Fsp3) is 0.583. The van der Waals surface area contributed by atoms with Gasteiger partial charge >= 0.3 is 0 Å². The Kier molecular flexibility index (Phi) is 5.12. The Balaban J connectivity index is 2.25. The first-order valence-electron chi connectivity index (χ1n) is 5.42. The molecular weight excluding hydrogens is 188 g/mol. The molecule has 15 heavy (non-hydrogen) atoms. The molecule has 1 aromatic heterocycles. The minimum absolute atomic E-state index is 0.668. The van der Waals surface area contributed by atoms with Crippen LogP contribution in [0.25, 0.3) is 0 Å². The number of hydrogen-bond donors (Lipinski definition) is 1. The smallest absolute Gasteiger partial charge is 0.212 e. The number of nitrogens with one attached hydrogen (secondary N) is 1. The van der Waals surface area contributed by atoms with Crippen LogP contribution in [-0.4, -0.2) is 18.6 Å². The van der Waals surface area contributed by atoms with Crippen LogP contribution in [0.5, 0.6) is 5.88 Å². The maximum Gasteiger partial charge on any atom is 0.212 e. The van der Waals surface area contributed by atoms with E-state index in [9.17, 15) is 0 Å². The second-order valence-electron chi connectivity index (χ2n) is 4.07. The summed E-state index contributed by atoms with van der Waals surface area (Å²) in [5.74, 6) is 1.42. The van der Waals surface area contributed by atoms with Crippen LogP contribution in [0.3, 0.4) is 0 Å². The molecule has 3 heteroatoms. The third-order valence-corrected chi connectivity index (χ3v) is 2.23. The molecule has 0 radical (unpaired) electrons. The van der Waals surface area contributed by atoms with E-state index in [0.717, 1.165) is 19.0 Å². The average Bonchev–Trinajstić information content (AvgIpc) is 2.25. The molecule has 0 unspecified atom stereocenters. The van der Waals surface area contributed by atoms with E-state index in [4.69, 9.17) is 4.74 Å². The van der Waals surface area contributed by atoms with Crippen molar-refractivity contribution in [2.75, 3.05) is 13.7 Å². The second-order valence-corrected chi connectivity index (χ2v) is 4.07. The Morgan fingerprint density at radius 3 is 2.73 bits per heavy atom. The lowest BCUT2D eigenvalue weighted by Gasteiger charge is -2.07. The summed E-state index contributed by atoms with van der Waals surface area (Å²) < 4.78 is 4.99. The minimum Gasteiger partial charge on any atom is -0.481 e. The molecular formula is C12H20N2O. The van der Waals surface area contributed by atoms with Crippen LogP contribution in [0.4, 0.5) is 0 Å². The first kappa shape index (κ1) is 12.0. The monoisotopic (exact) mass is 208 g/mol. The predicted octanol–water partition coefficient (Wildman–Crippen LogP) is 2.23. The summed E-state index contributed by atoms with van der Waals surface area (Å²) in [6.07, 6.45) is 3.06. The SMILES string of the molecule is COc1ccc(CNCCC(C)C)cn1. The Bertz CT molecular complexity index is 269. The van der Waals surface area contributed by atoms with Gasteiger partial charge in [-0.1, -0.05) is 19.9 Å². The van der Waals surface area contributed by atoms with Crippen LogP contribution >= 0.6 is 0 Å². The van der Waals surface area contributed by atoms with Crippen molar-refractivity contribution >= 4 is 0 Å². The van der Waals surface area contributed by atoms with E-state index in [1.54, 1.807) is 7.11 Å². The largest absolute Gasteiger partial charge is 0.481 e. The van der Waals surface area contributed by atoms with E-state index in [1.807, 2.05) is 18.3 Å². The van der Waals surface area contributed by atoms with Gasteiger partial charge in [0.1, 0.15) is 0 Å². The zero-order chi connectivity index (χ0) is 11.1. The van der Waals surface area contributed by atoms with Gasteiger partial charge in [0.05, 0.1) is 7.11 Å². The summed E-state index contributed by atoms with van der Waals surface area (Å²) in [5, 5.41) is 3.39. The number of ether oxygens (including phenoxy) is 1. The number of rotatable bonds is 6. The lowest BCUT2D eigenvalue weighted by atomic mass is 10.1. The number of methoxy groups -OCH3 is 1. The van der Waals surface area contributed by atoms with E-state index in [-0.39, 0.29) is 0 Å². The molecule has 0 spiro atoms. The summed E-state index contributed by atoms with van der Waals surface area (Å²) in [7, 11) is 1.63. The molecule has 1 rings (SSSR count). The zero-order valence-electron chi connectivity index (χ0n) is 9.79. The Hall–Kier alpha value is -1.09. The Labute approximate surface area is 91.9 Å². The maximum atomic E-state index is 4.99. The molecule has 0 aliphatic heterocycles. The minimum atomic E-state index is 0.668. The van der Waals surface area contributed by atoms with Gasteiger partial charge in [-0.15, -0.1) is 0 Å². The van der Waals surface area contributed by atoms with Crippen molar-refractivity contribution in [1.82, 2.24) is 10.3 Å². The molecule has 0 saturated carbocycles. The summed E-state index contributed by atoms with van der Waals surface area (Å²) in [4.78, 5) is 4.15. The van der Waals surface area contributed by atoms with Gasteiger partial charge in [0, 0.05) is 18.8 Å². The van der Waals surface area contributed by atoms with Gasteiger partial charge in [0.2, 0.25) is 5.88 Å². The first-order valence-corrected chi connectivity index (χ1v) is 5.42. The topological polar surface area (TPSA) is 34.1 Å². The third kappa shape index (κ3) is 4.79. The molecule has 0 fully saturated rings. The van der Waals surface area contributed by atoms with Gasteiger partial charge in [-0.25, -0.2) is 4.98 Å². The third-order valence-electron chi connectivity index (χ3n) is 2.23. The van der Waals surface area contributed by atoms with E-state index in [2.05, 4.69) is 24.1 Å². The second kappa shape index (κ2) is 6.40. The Morgan fingerprint density at radius 1 is 1.40 bits per heavy atom. The first-order chi connectivity index (χ1) is 7.22. The zero-order valence-corrected chi connectivity index (χ0v) is 9.79. The van der Waals surface area contributed by atoms with Gasteiger partial charge in [-0.3, -0.25) is 0 Å². The molecule has 3 nitrogen and oxygen atoms in total. The van der Waals surface area contributed by atoms with Gasteiger partial charge in [0.15, 0.2) is 0 Å². The summed E-state index contributed by atoms with van der Waals surface area (Å²) in [6.45, 7) is 6.40. The van der Waals surface area contributed by atoms with Crippen molar-refractivity contribution in [1.29, 1.82) is 0 Å². The van der Waals surface area contributed by atoms with E-state index >= 15 is 0 Å². The highest BCUT2D eigenvalue weighted by Crippen LogP contribution is 2.06. The summed E-state index contributed by atoms with van der Waals surface area (Å²) in [6, 6.07) is 3.92. The van der Waals surface area contributed by atoms with Gasteiger partial charge in [0.25, 0.3) is 0 Å². The molecule has 0 bridgehead atoms. The molecule has 1 N–H and O–H groups in total. The predicted molar refractivity (Wildman–Crippen MR) is 62.0 cm³/mol. The number of nitrogens with zero attached hydrogens (tertiary/aromatic N) is 1. The standard InChI is InChI=1S/C12H20N2O/c1-10(2)6-7-13-8-11-4-5-12(15-3)14-9-11/h4-5,9-10,13H,6-8H2,1-3H3. The van der Waals surface area contributed by atoms with Gasteiger partial charge in [-0.2, -0.15) is 0 Å². The molecule has 1 aromatic rings.